The second-order valence-corrected chi connectivity index (χ2v) is 6.15. The monoisotopic (exact) mass is 315 g/mol. The second-order valence-electron chi connectivity index (χ2n) is 6.15. The van der Waals surface area contributed by atoms with Crippen LogP contribution in [0.15, 0.2) is 0 Å². The van der Waals surface area contributed by atoms with Gasteiger partial charge in [-0.2, -0.15) is 5.48 Å². The molecule has 22 heavy (non-hydrogen) atoms. The van der Waals surface area contributed by atoms with Crippen LogP contribution in [0.1, 0.15) is 97.3 Å². The van der Waals surface area contributed by atoms with E-state index in [1.54, 1.807) is 0 Å². The quantitative estimate of drug-likeness (QED) is 0.325. The minimum Gasteiger partial charge on any atom is -0.393 e. The van der Waals surface area contributed by atoms with Crippen LogP contribution in [0.5, 0.6) is 0 Å². The molecule has 132 valence electrons. The number of nitrogens with one attached hydrogen (secondary N) is 1. The first-order chi connectivity index (χ1) is 10.7. The predicted octanol–water partition coefficient (Wildman–Crippen LogP) is 4.51. The Hall–Kier alpha value is -0.610. The number of hydrogen-bond donors (Lipinski definition) is 2. The summed E-state index contributed by atoms with van der Waals surface area (Å²) < 4.78 is 0. The fraction of sp³-hybridized carbons (Fsp3) is 0.944. The molecular formula is C18H37NO3. The van der Waals surface area contributed by atoms with E-state index in [0.717, 1.165) is 51.5 Å². The lowest BCUT2D eigenvalue weighted by atomic mass is 10.1. The van der Waals surface area contributed by atoms with Gasteiger partial charge in [0.25, 0.3) is 0 Å². The molecule has 0 fully saturated rings. The smallest absolute Gasteiger partial charge is 0.324 e. The van der Waals surface area contributed by atoms with Gasteiger partial charge in [-0.1, -0.05) is 65.2 Å². The number of rotatable bonds is 16. The van der Waals surface area contributed by atoms with Crippen LogP contribution >= 0.6 is 0 Å². The molecule has 0 heterocycles. The Bertz CT molecular complexity index is 246. The highest BCUT2D eigenvalue weighted by Gasteiger charge is 2.03. The summed E-state index contributed by atoms with van der Waals surface area (Å²) in [7, 11) is 0. The number of carbonyl (C=O) groups is 1. The summed E-state index contributed by atoms with van der Waals surface area (Å²) in [6.45, 7) is 4.97. The number of aliphatic hydroxyl groups is 1. The molecule has 0 aliphatic heterocycles. The predicted molar refractivity (Wildman–Crippen MR) is 91.5 cm³/mol. The maximum absolute atomic E-state index is 11.5. The van der Waals surface area contributed by atoms with Gasteiger partial charge in [0.05, 0.1) is 6.10 Å². The second kappa shape index (κ2) is 16.8. The van der Waals surface area contributed by atoms with Crippen molar-refractivity contribution in [3.8, 4) is 0 Å². The van der Waals surface area contributed by atoms with E-state index in [0.29, 0.717) is 6.42 Å². The minimum atomic E-state index is -0.156. The molecule has 0 aliphatic carbocycles. The minimum absolute atomic E-state index is 0.153. The molecule has 1 unspecified atom stereocenters. The van der Waals surface area contributed by atoms with Crippen LogP contribution in [0.3, 0.4) is 0 Å². The van der Waals surface area contributed by atoms with Gasteiger partial charge in [-0.3, -0.25) is 4.79 Å². The molecule has 0 amide bonds. The third-order valence-electron chi connectivity index (χ3n) is 3.96. The van der Waals surface area contributed by atoms with E-state index in [9.17, 15) is 9.90 Å². The van der Waals surface area contributed by atoms with Crippen molar-refractivity contribution in [2.24, 2.45) is 0 Å². The molecule has 0 aromatic rings. The van der Waals surface area contributed by atoms with Crippen molar-refractivity contribution in [1.82, 2.24) is 5.48 Å². The molecule has 0 bridgehead atoms. The Morgan fingerprint density at radius 1 is 0.955 bits per heavy atom. The summed E-state index contributed by atoms with van der Waals surface area (Å²) in [5.41, 5.74) is 2.77. The van der Waals surface area contributed by atoms with Crippen LogP contribution in [0.25, 0.3) is 0 Å². The standard InChI is InChI=1S/C18H37NO3/c1-3-5-6-7-10-13-16-19-22-18(21)15-12-9-8-11-14-17(20)4-2/h17,19-20H,3-16H2,1-2H3. The zero-order valence-electron chi connectivity index (χ0n) is 14.7. The Kier molecular flexibility index (Phi) is 16.3. The molecule has 0 aromatic heterocycles. The number of carbonyl (C=O) groups excluding carboxylic acids is 1. The molecule has 0 aliphatic rings. The maximum Gasteiger partial charge on any atom is 0.324 e. The fourth-order valence-electron chi connectivity index (χ4n) is 2.37. The van der Waals surface area contributed by atoms with Gasteiger partial charge >= 0.3 is 5.97 Å². The third-order valence-corrected chi connectivity index (χ3v) is 3.96. The molecular weight excluding hydrogens is 278 g/mol. The van der Waals surface area contributed by atoms with E-state index in [4.69, 9.17) is 4.84 Å². The molecule has 4 heteroatoms. The fourth-order valence-corrected chi connectivity index (χ4v) is 2.37. The molecule has 0 radical (unpaired) electrons. The normalized spacial score (nSPS) is 12.3. The van der Waals surface area contributed by atoms with Crippen LogP contribution in [-0.2, 0) is 9.63 Å². The maximum atomic E-state index is 11.5. The highest BCUT2D eigenvalue weighted by Crippen LogP contribution is 2.09. The molecule has 2 N–H and O–H groups in total. The lowest BCUT2D eigenvalue weighted by Gasteiger charge is -2.07. The van der Waals surface area contributed by atoms with Crippen molar-refractivity contribution in [2.75, 3.05) is 6.54 Å². The van der Waals surface area contributed by atoms with Crippen molar-refractivity contribution in [2.45, 2.75) is 103 Å². The summed E-state index contributed by atoms with van der Waals surface area (Å²) >= 11 is 0. The first-order valence-electron chi connectivity index (χ1n) is 9.31. The van der Waals surface area contributed by atoms with Crippen molar-refractivity contribution in [3.63, 3.8) is 0 Å². The summed E-state index contributed by atoms with van der Waals surface area (Å²) in [4.78, 5) is 16.5. The van der Waals surface area contributed by atoms with Crippen molar-refractivity contribution < 1.29 is 14.7 Å². The van der Waals surface area contributed by atoms with Gasteiger partial charge in [-0.25, -0.2) is 0 Å². The van der Waals surface area contributed by atoms with E-state index >= 15 is 0 Å². The van der Waals surface area contributed by atoms with Crippen LogP contribution in [0.2, 0.25) is 0 Å². The SMILES string of the molecule is CCCCCCCCNOC(=O)CCCCCCC(O)CC. The molecule has 0 saturated carbocycles. The van der Waals surface area contributed by atoms with Crippen LogP contribution < -0.4 is 5.48 Å². The molecule has 0 aromatic carbocycles. The molecule has 0 spiro atoms. The zero-order valence-corrected chi connectivity index (χ0v) is 14.7. The number of aliphatic hydroxyl groups excluding tert-OH is 1. The Morgan fingerprint density at radius 3 is 2.32 bits per heavy atom. The van der Waals surface area contributed by atoms with Gasteiger partial charge < -0.3 is 9.94 Å². The summed E-state index contributed by atoms with van der Waals surface area (Å²) in [5.74, 6) is -0.153. The molecule has 1 atom stereocenters. The summed E-state index contributed by atoms with van der Waals surface area (Å²) in [5, 5.41) is 9.42. The van der Waals surface area contributed by atoms with Gasteiger partial charge in [0.1, 0.15) is 0 Å². The third kappa shape index (κ3) is 15.8. The summed E-state index contributed by atoms with van der Waals surface area (Å²) in [6.07, 6.45) is 13.5. The molecule has 0 saturated heterocycles. The molecule has 0 rings (SSSR count). The number of unbranched alkanes of at least 4 members (excludes halogenated alkanes) is 8. The van der Waals surface area contributed by atoms with Gasteiger partial charge in [-0.15, -0.1) is 0 Å². The highest BCUT2D eigenvalue weighted by molar-refractivity contribution is 5.68. The summed E-state index contributed by atoms with van der Waals surface area (Å²) in [6, 6.07) is 0. The van der Waals surface area contributed by atoms with E-state index in [1.165, 1.54) is 32.1 Å². The van der Waals surface area contributed by atoms with Gasteiger partial charge in [0.2, 0.25) is 0 Å². The average Bonchev–Trinajstić information content (AvgIpc) is 2.52. The van der Waals surface area contributed by atoms with Crippen molar-refractivity contribution in [3.05, 3.63) is 0 Å². The van der Waals surface area contributed by atoms with Gasteiger partial charge in [0.15, 0.2) is 0 Å². The van der Waals surface area contributed by atoms with Crippen LogP contribution in [-0.4, -0.2) is 23.7 Å². The lowest BCUT2D eigenvalue weighted by Crippen LogP contribution is -2.20. The van der Waals surface area contributed by atoms with E-state index in [1.807, 2.05) is 6.92 Å². The van der Waals surface area contributed by atoms with Gasteiger partial charge in [-0.05, 0) is 25.7 Å². The number of hydrogen-bond acceptors (Lipinski definition) is 4. The topological polar surface area (TPSA) is 58.6 Å². The van der Waals surface area contributed by atoms with E-state index in [-0.39, 0.29) is 12.1 Å². The number of hydroxylamine groups is 1. The first-order valence-corrected chi connectivity index (χ1v) is 9.31. The largest absolute Gasteiger partial charge is 0.393 e. The van der Waals surface area contributed by atoms with Crippen molar-refractivity contribution >= 4 is 5.97 Å². The van der Waals surface area contributed by atoms with Crippen LogP contribution in [0, 0.1) is 0 Å². The Morgan fingerprint density at radius 2 is 1.59 bits per heavy atom. The Balaban J connectivity index is 3.19. The van der Waals surface area contributed by atoms with E-state index < -0.39 is 0 Å². The highest BCUT2D eigenvalue weighted by atomic mass is 16.7. The van der Waals surface area contributed by atoms with Crippen LogP contribution in [0.4, 0.5) is 0 Å². The average molecular weight is 315 g/mol. The van der Waals surface area contributed by atoms with E-state index in [2.05, 4.69) is 12.4 Å². The Labute approximate surface area is 137 Å². The first kappa shape index (κ1) is 21.4. The van der Waals surface area contributed by atoms with Crippen molar-refractivity contribution in [1.29, 1.82) is 0 Å². The lowest BCUT2D eigenvalue weighted by molar-refractivity contribution is -0.151. The molecule has 4 nitrogen and oxygen atoms in total. The van der Waals surface area contributed by atoms with Gasteiger partial charge in [0, 0.05) is 13.0 Å². The zero-order chi connectivity index (χ0) is 16.5.